The van der Waals surface area contributed by atoms with Gasteiger partial charge >= 0.3 is 0 Å². The summed E-state index contributed by atoms with van der Waals surface area (Å²) >= 11 is 0. The summed E-state index contributed by atoms with van der Waals surface area (Å²) in [6.45, 7) is 4.53. The van der Waals surface area contributed by atoms with Gasteiger partial charge in [-0.25, -0.2) is 5.84 Å². The minimum Gasteiger partial charge on any atom is -0.385 e. The number of hydrogen-bond donors (Lipinski definition) is 3. The van der Waals surface area contributed by atoms with Crippen molar-refractivity contribution in [2.75, 3.05) is 26.8 Å². The number of nitrogens with one attached hydrogen (secondary N) is 2. The number of hydrazine groups is 1. The van der Waals surface area contributed by atoms with Crippen LogP contribution in [0.5, 0.6) is 0 Å². The van der Waals surface area contributed by atoms with Crippen molar-refractivity contribution in [1.82, 2.24) is 15.6 Å². The van der Waals surface area contributed by atoms with Crippen molar-refractivity contribution in [1.29, 1.82) is 0 Å². The number of ether oxygens (including phenoxy) is 1. The molecule has 1 heterocycles. The van der Waals surface area contributed by atoms with Gasteiger partial charge < -0.3 is 9.64 Å². The third-order valence-corrected chi connectivity index (χ3v) is 2.94. The molecule has 2 amide bonds. The van der Waals surface area contributed by atoms with Crippen LogP contribution in [-0.2, 0) is 14.3 Å². The molecule has 0 aromatic heterocycles. The average Bonchev–Trinajstić information content (AvgIpc) is 2.35. The van der Waals surface area contributed by atoms with Crippen LogP contribution < -0.4 is 16.6 Å². The van der Waals surface area contributed by atoms with Gasteiger partial charge in [0.1, 0.15) is 12.1 Å². The van der Waals surface area contributed by atoms with Gasteiger partial charge in [0.05, 0.1) is 0 Å². The molecule has 0 bridgehead atoms. The zero-order valence-electron chi connectivity index (χ0n) is 11.5. The van der Waals surface area contributed by atoms with E-state index in [2.05, 4.69) is 15.7 Å². The van der Waals surface area contributed by atoms with Crippen LogP contribution in [0.2, 0.25) is 0 Å². The van der Waals surface area contributed by atoms with Crippen molar-refractivity contribution in [2.24, 2.45) is 10.8 Å². The first-order valence-electron chi connectivity index (χ1n) is 6.05. The molecule has 0 aromatic rings. The molecule has 4 N–H and O–H groups in total. The topological polar surface area (TPSA) is 109 Å². The average molecular weight is 271 g/mol. The van der Waals surface area contributed by atoms with Crippen molar-refractivity contribution < 1.29 is 14.3 Å². The predicted octanol–water partition coefficient (Wildman–Crippen LogP) is -1.42. The minimum atomic E-state index is -0.889. The number of carbonyl (C=O) groups is 2. The molecule has 0 saturated carbocycles. The third kappa shape index (κ3) is 3.65. The first kappa shape index (κ1) is 15.4. The molecule has 0 aliphatic carbocycles. The van der Waals surface area contributed by atoms with Crippen molar-refractivity contribution >= 4 is 17.8 Å². The molecule has 1 aliphatic rings. The molecule has 0 radical (unpaired) electrons. The standard InChI is InChI=1S/C11H21N5O3/c1-11(2)9(18)14-8(17)7-16(11)10(15-12)13-5-4-6-19-3/h4-7,12H2,1-3H3,(H,13,15)(H,14,17,18). The number of aliphatic imine (C=N–C) groups is 1. The summed E-state index contributed by atoms with van der Waals surface area (Å²) in [6.07, 6.45) is 0.732. The summed E-state index contributed by atoms with van der Waals surface area (Å²) in [6, 6.07) is 0. The number of piperazine rings is 1. The largest absolute Gasteiger partial charge is 0.385 e. The summed E-state index contributed by atoms with van der Waals surface area (Å²) in [7, 11) is 1.61. The molecule has 0 spiro atoms. The Morgan fingerprint density at radius 3 is 2.84 bits per heavy atom. The number of hydrogen-bond acceptors (Lipinski definition) is 5. The number of carbonyl (C=O) groups excluding carboxylic acids is 2. The summed E-state index contributed by atoms with van der Waals surface area (Å²) in [5, 5.41) is 2.29. The van der Waals surface area contributed by atoms with E-state index in [9.17, 15) is 9.59 Å². The zero-order valence-corrected chi connectivity index (χ0v) is 11.5. The lowest BCUT2D eigenvalue weighted by Gasteiger charge is -2.41. The molecular formula is C11H21N5O3. The number of guanidine groups is 1. The van der Waals surface area contributed by atoms with E-state index in [0.717, 1.165) is 6.42 Å². The number of imide groups is 1. The van der Waals surface area contributed by atoms with E-state index >= 15 is 0 Å². The highest BCUT2D eigenvalue weighted by molar-refractivity contribution is 6.06. The highest BCUT2D eigenvalue weighted by Gasteiger charge is 2.42. The number of amides is 2. The van der Waals surface area contributed by atoms with E-state index in [1.807, 2.05) is 0 Å². The van der Waals surface area contributed by atoms with Gasteiger partial charge in [0.2, 0.25) is 11.9 Å². The van der Waals surface area contributed by atoms with Crippen LogP contribution in [-0.4, -0.2) is 55.0 Å². The molecule has 8 nitrogen and oxygen atoms in total. The van der Waals surface area contributed by atoms with Crippen LogP contribution >= 0.6 is 0 Å². The molecule has 0 aromatic carbocycles. The second kappa shape index (κ2) is 6.48. The molecule has 108 valence electrons. The maximum absolute atomic E-state index is 11.8. The number of nitrogens with two attached hydrogens (primary N) is 1. The van der Waals surface area contributed by atoms with Gasteiger partial charge in [-0.1, -0.05) is 0 Å². The smallest absolute Gasteiger partial charge is 0.252 e. The lowest BCUT2D eigenvalue weighted by Crippen LogP contribution is -2.68. The number of rotatable bonds is 4. The summed E-state index contributed by atoms with van der Waals surface area (Å²) in [5.41, 5.74) is 1.56. The molecule has 1 saturated heterocycles. The van der Waals surface area contributed by atoms with Crippen LogP contribution in [0.3, 0.4) is 0 Å². The van der Waals surface area contributed by atoms with Crippen LogP contribution in [0.15, 0.2) is 4.99 Å². The van der Waals surface area contributed by atoms with E-state index in [1.54, 1.807) is 25.9 Å². The Morgan fingerprint density at radius 1 is 1.58 bits per heavy atom. The van der Waals surface area contributed by atoms with E-state index in [4.69, 9.17) is 10.6 Å². The van der Waals surface area contributed by atoms with Gasteiger partial charge in [-0.05, 0) is 20.3 Å². The van der Waals surface area contributed by atoms with Crippen LogP contribution in [0.1, 0.15) is 20.3 Å². The Morgan fingerprint density at radius 2 is 2.26 bits per heavy atom. The SMILES string of the molecule is COCCCN=C(NN)N1CC(=O)NC(=O)C1(C)C. The number of nitrogens with zero attached hydrogens (tertiary/aromatic N) is 2. The van der Waals surface area contributed by atoms with Gasteiger partial charge in [-0.15, -0.1) is 0 Å². The summed E-state index contributed by atoms with van der Waals surface area (Å²) in [5.74, 6) is 5.01. The first-order valence-corrected chi connectivity index (χ1v) is 6.05. The normalized spacial score (nSPS) is 19.4. The molecule has 19 heavy (non-hydrogen) atoms. The zero-order chi connectivity index (χ0) is 14.5. The lowest BCUT2D eigenvalue weighted by molar-refractivity contribution is -0.142. The predicted molar refractivity (Wildman–Crippen MR) is 70.1 cm³/mol. The monoisotopic (exact) mass is 271 g/mol. The third-order valence-electron chi connectivity index (χ3n) is 2.94. The van der Waals surface area contributed by atoms with E-state index in [-0.39, 0.29) is 18.4 Å². The molecule has 1 aliphatic heterocycles. The highest BCUT2D eigenvalue weighted by Crippen LogP contribution is 2.17. The van der Waals surface area contributed by atoms with Gasteiger partial charge in [-0.3, -0.25) is 25.3 Å². The molecule has 0 unspecified atom stereocenters. The van der Waals surface area contributed by atoms with E-state index in [1.165, 1.54) is 0 Å². The van der Waals surface area contributed by atoms with E-state index < -0.39 is 5.54 Å². The van der Waals surface area contributed by atoms with Crippen molar-refractivity contribution in [3.8, 4) is 0 Å². The van der Waals surface area contributed by atoms with E-state index in [0.29, 0.717) is 19.1 Å². The van der Waals surface area contributed by atoms with Gasteiger partial charge in [0.15, 0.2) is 0 Å². The molecular weight excluding hydrogens is 250 g/mol. The molecule has 0 atom stereocenters. The fraction of sp³-hybridized carbons (Fsp3) is 0.727. The Labute approximate surface area is 112 Å². The Kier molecular flexibility index (Phi) is 5.25. The van der Waals surface area contributed by atoms with Crippen LogP contribution in [0.25, 0.3) is 0 Å². The first-order chi connectivity index (χ1) is 8.93. The molecule has 8 heteroatoms. The van der Waals surface area contributed by atoms with Crippen LogP contribution in [0.4, 0.5) is 0 Å². The minimum absolute atomic E-state index is 0.0338. The Hall–Kier alpha value is -1.67. The van der Waals surface area contributed by atoms with Gasteiger partial charge in [0, 0.05) is 20.3 Å². The summed E-state index contributed by atoms with van der Waals surface area (Å²) in [4.78, 5) is 29.1. The second-order valence-electron chi connectivity index (χ2n) is 4.72. The maximum Gasteiger partial charge on any atom is 0.252 e. The van der Waals surface area contributed by atoms with Gasteiger partial charge in [0.25, 0.3) is 5.91 Å². The quantitative estimate of drug-likeness (QED) is 0.145. The number of methoxy groups -OCH3 is 1. The van der Waals surface area contributed by atoms with Crippen molar-refractivity contribution in [2.45, 2.75) is 25.8 Å². The fourth-order valence-electron chi connectivity index (χ4n) is 1.73. The molecule has 1 fully saturated rings. The fourth-order valence-corrected chi connectivity index (χ4v) is 1.73. The Bertz CT molecular complexity index is 381. The van der Waals surface area contributed by atoms with Crippen molar-refractivity contribution in [3.63, 3.8) is 0 Å². The van der Waals surface area contributed by atoms with Crippen LogP contribution in [0, 0.1) is 0 Å². The Balaban J connectivity index is 2.82. The highest BCUT2D eigenvalue weighted by atomic mass is 16.5. The lowest BCUT2D eigenvalue weighted by atomic mass is 9.99. The second-order valence-corrected chi connectivity index (χ2v) is 4.72. The molecule has 1 rings (SSSR count). The maximum atomic E-state index is 11.8. The summed E-state index contributed by atoms with van der Waals surface area (Å²) < 4.78 is 4.93. The van der Waals surface area contributed by atoms with Gasteiger partial charge in [-0.2, -0.15) is 0 Å². The van der Waals surface area contributed by atoms with Crippen molar-refractivity contribution in [3.05, 3.63) is 0 Å².